The van der Waals surface area contributed by atoms with Crippen LogP contribution in [0.1, 0.15) is 11.3 Å². The monoisotopic (exact) mass is 358 g/mol. The molecule has 0 radical (unpaired) electrons. The van der Waals surface area contributed by atoms with Gasteiger partial charge in [-0.05, 0) is 11.4 Å². The number of thioether (sulfide) groups is 1. The highest BCUT2D eigenvalue weighted by atomic mass is 35.5. The van der Waals surface area contributed by atoms with E-state index in [9.17, 15) is 19.5 Å². The zero-order chi connectivity index (χ0) is 15.9. The second kappa shape index (κ2) is 5.94. The Balaban J connectivity index is 1.76. The van der Waals surface area contributed by atoms with Gasteiger partial charge in [-0.25, -0.2) is 4.79 Å². The third-order valence-electron chi connectivity index (χ3n) is 3.31. The lowest BCUT2D eigenvalue weighted by molar-refractivity contribution is -0.146. The molecule has 1 fully saturated rings. The van der Waals surface area contributed by atoms with E-state index in [-0.39, 0.29) is 40.8 Å². The van der Waals surface area contributed by atoms with Crippen molar-refractivity contribution in [2.24, 2.45) is 0 Å². The van der Waals surface area contributed by atoms with Crippen LogP contribution in [0.4, 0.5) is 0 Å². The summed E-state index contributed by atoms with van der Waals surface area (Å²) in [4.78, 5) is 37.0. The Labute approximate surface area is 139 Å². The Hall–Kier alpha value is -1.51. The Morgan fingerprint density at radius 1 is 1.50 bits per heavy atom. The molecule has 0 aliphatic carbocycles. The van der Waals surface area contributed by atoms with Gasteiger partial charge in [0.25, 0.3) is 0 Å². The number of fused-ring (bicyclic) bond motifs is 1. The molecular weight excluding hydrogens is 348 g/mol. The number of aliphatic carboxylic acids is 1. The smallest absolute Gasteiger partial charge is 0.353 e. The number of carbonyl (C=O) groups excluding carboxylic acids is 2. The number of rotatable bonds is 4. The quantitative estimate of drug-likeness (QED) is 0.798. The van der Waals surface area contributed by atoms with Gasteiger partial charge in [0.15, 0.2) is 0 Å². The summed E-state index contributed by atoms with van der Waals surface area (Å²) in [5.74, 6) is -1.76. The van der Waals surface area contributed by atoms with Gasteiger partial charge in [-0.1, -0.05) is 17.7 Å². The van der Waals surface area contributed by atoms with Crippen molar-refractivity contribution in [2.75, 3.05) is 0 Å². The summed E-state index contributed by atoms with van der Waals surface area (Å²) in [6.45, 7) is 0. The average molecular weight is 359 g/mol. The van der Waals surface area contributed by atoms with E-state index < -0.39 is 11.3 Å². The maximum atomic E-state index is 12.0. The minimum atomic E-state index is -1.26. The molecule has 6 nitrogen and oxygen atoms in total. The molecule has 9 heteroatoms. The van der Waals surface area contributed by atoms with Crippen molar-refractivity contribution in [1.29, 1.82) is 0 Å². The van der Waals surface area contributed by atoms with Gasteiger partial charge in [-0.2, -0.15) is 0 Å². The molecule has 0 saturated carbocycles. The van der Waals surface area contributed by atoms with E-state index in [1.807, 2.05) is 17.5 Å². The van der Waals surface area contributed by atoms with Crippen LogP contribution in [0.3, 0.4) is 0 Å². The van der Waals surface area contributed by atoms with E-state index in [4.69, 9.17) is 11.6 Å². The van der Waals surface area contributed by atoms with Crippen molar-refractivity contribution in [3.63, 3.8) is 0 Å². The summed E-state index contributed by atoms with van der Waals surface area (Å²) in [5, 5.41) is 12.9. The van der Waals surface area contributed by atoms with Crippen LogP contribution in [0.2, 0.25) is 0 Å². The molecule has 2 aliphatic heterocycles. The van der Waals surface area contributed by atoms with Crippen LogP contribution in [0.25, 0.3) is 0 Å². The zero-order valence-electron chi connectivity index (χ0n) is 11.1. The first-order chi connectivity index (χ1) is 10.5. The van der Waals surface area contributed by atoms with Gasteiger partial charge in [0.2, 0.25) is 11.8 Å². The van der Waals surface area contributed by atoms with Gasteiger partial charge in [0.1, 0.15) is 11.1 Å². The molecule has 2 amide bonds. The molecule has 22 heavy (non-hydrogen) atoms. The fourth-order valence-electron chi connectivity index (χ4n) is 2.29. The zero-order valence-corrected chi connectivity index (χ0v) is 13.5. The molecule has 0 spiro atoms. The van der Waals surface area contributed by atoms with Gasteiger partial charge in [-0.15, -0.1) is 23.1 Å². The van der Waals surface area contributed by atoms with Crippen LogP contribution in [0, 0.1) is 0 Å². The van der Waals surface area contributed by atoms with E-state index >= 15 is 0 Å². The molecule has 2 N–H and O–H groups in total. The number of hydrogen-bond donors (Lipinski definition) is 2. The molecular formula is C13H11ClN2O4S2. The molecule has 3 rings (SSSR count). The largest absolute Gasteiger partial charge is 0.477 e. The fraction of sp³-hybridized carbons (Fsp3) is 0.308. The van der Waals surface area contributed by atoms with Gasteiger partial charge in [0, 0.05) is 4.88 Å². The van der Waals surface area contributed by atoms with Crippen molar-refractivity contribution in [3.8, 4) is 0 Å². The van der Waals surface area contributed by atoms with Crippen LogP contribution in [0.5, 0.6) is 0 Å². The number of amides is 2. The first-order valence-electron chi connectivity index (χ1n) is 6.39. The molecule has 0 bridgehead atoms. The number of carboxylic acids is 1. The normalized spacial score (nSPS) is 23.9. The number of halogens is 1. The van der Waals surface area contributed by atoms with Crippen LogP contribution >= 0.6 is 34.7 Å². The summed E-state index contributed by atoms with van der Waals surface area (Å²) in [6, 6.07) is 3.71. The van der Waals surface area contributed by atoms with E-state index in [1.54, 1.807) is 0 Å². The van der Waals surface area contributed by atoms with Gasteiger partial charge in [0.05, 0.1) is 23.2 Å². The fourth-order valence-corrected chi connectivity index (χ4v) is 4.70. The Bertz CT molecular complexity index is 674. The van der Waals surface area contributed by atoms with E-state index in [0.29, 0.717) is 0 Å². The number of carboxylic acid groups (broad SMARTS) is 1. The summed E-state index contributed by atoms with van der Waals surface area (Å²) in [5.41, 5.74) is -0.233. The number of carbonyl (C=O) groups is 3. The number of nitrogens with one attached hydrogen (secondary N) is 1. The SMILES string of the molecule is O=C(Cc1cccs1)NC1S[C@@H]2CC(=O)N2C(C(=O)O)=C1Cl. The van der Waals surface area contributed by atoms with Crippen LogP contribution in [-0.4, -0.2) is 38.5 Å². The lowest BCUT2D eigenvalue weighted by atomic mass is 10.1. The first-order valence-corrected chi connectivity index (χ1v) is 8.59. The molecule has 1 saturated heterocycles. The van der Waals surface area contributed by atoms with Crippen LogP contribution in [0.15, 0.2) is 28.2 Å². The molecule has 1 aromatic heterocycles. The van der Waals surface area contributed by atoms with E-state index in [2.05, 4.69) is 5.32 Å². The number of hydrogen-bond acceptors (Lipinski definition) is 5. The summed E-state index contributed by atoms with van der Waals surface area (Å²) in [7, 11) is 0. The second-order valence-corrected chi connectivity index (χ2v) is 7.49. The molecule has 1 aromatic rings. The van der Waals surface area contributed by atoms with Gasteiger partial charge >= 0.3 is 5.97 Å². The van der Waals surface area contributed by atoms with E-state index in [1.165, 1.54) is 28.0 Å². The Morgan fingerprint density at radius 3 is 2.86 bits per heavy atom. The third kappa shape index (κ3) is 2.73. The van der Waals surface area contributed by atoms with Crippen molar-refractivity contribution in [1.82, 2.24) is 10.2 Å². The average Bonchev–Trinajstić information content (AvgIpc) is 2.93. The second-order valence-electron chi connectivity index (χ2n) is 4.76. The first kappa shape index (κ1) is 15.4. The summed E-state index contributed by atoms with van der Waals surface area (Å²) < 4.78 is 0. The lowest BCUT2D eigenvalue weighted by Crippen LogP contribution is -2.56. The Kier molecular flexibility index (Phi) is 4.16. The molecule has 0 aromatic carbocycles. The summed E-state index contributed by atoms with van der Waals surface area (Å²) >= 11 is 8.85. The topological polar surface area (TPSA) is 86.7 Å². The standard InChI is InChI=1S/C13H11ClN2O4S2/c14-10-11(13(19)20)16-8(18)5-9(16)22-12(10)15-7(17)4-6-2-1-3-21-6/h1-3,9,12H,4-5H2,(H,15,17)(H,19,20)/t9-,12?/m1/s1. The molecule has 2 atom stereocenters. The van der Waals surface area contributed by atoms with Crippen LogP contribution in [-0.2, 0) is 20.8 Å². The third-order valence-corrected chi connectivity index (χ3v) is 6.03. The highest BCUT2D eigenvalue weighted by Gasteiger charge is 2.48. The minimum Gasteiger partial charge on any atom is -0.477 e. The molecule has 2 aliphatic rings. The Morgan fingerprint density at radius 2 is 2.27 bits per heavy atom. The number of thiophene rings is 1. The maximum absolute atomic E-state index is 12.0. The van der Waals surface area contributed by atoms with Crippen LogP contribution < -0.4 is 5.32 Å². The highest BCUT2D eigenvalue weighted by molar-refractivity contribution is 8.00. The maximum Gasteiger partial charge on any atom is 0.353 e. The molecule has 1 unspecified atom stereocenters. The number of β-lactam (4-membered cyclic amide) rings is 1. The van der Waals surface area contributed by atoms with Gasteiger partial charge < -0.3 is 10.4 Å². The van der Waals surface area contributed by atoms with Crippen molar-refractivity contribution >= 4 is 52.5 Å². The van der Waals surface area contributed by atoms with E-state index in [0.717, 1.165) is 4.88 Å². The van der Waals surface area contributed by atoms with Crippen molar-refractivity contribution in [2.45, 2.75) is 23.6 Å². The predicted molar refractivity (Wildman–Crippen MR) is 83.3 cm³/mol. The molecule has 116 valence electrons. The highest BCUT2D eigenvalue weighted by Crippen LogP contribution is 2.44. The van der Waals surface area contributed by atoms with Gasteiger partial charge in [-0.3, -0.25) is 14.5 Å². The number of nitrogens with zero attached hydrogens (tertiary/aromatic N) is 1. The van der Waals surface area contributed by atoms with Crippen molar-refractivity contribution < 1.29 is 19.5 Å². The predicted octanol–water partition coefficient (Wildman–Crippen LogP) is 1.57. The summed E-state index contributed by atoms with van der Waals surface area (Å²) in [6.07, 6.45) is 0.470. The molecule has 3 heterocycles. The lowest BCUT2D eigenvalue weighted by Gasteiger charge is -2.45. The minimum absolute atomic E-state index is 0.0265. The van der Waals surface area contributed by atoms with Crippen molar-refractivity contribution in [3.05, 3.63) is 33.1 Å².